The molecule has 30 heavy (non-hydrogen) atoms. The lowest BCUT2D eigenvalue weighted by Crippen LogP contribution is -2.20. The molecule has 0 aliphatic heterocycles. The molecule has 6 nitrogen and oxygen atoms in total. The molecule has 154 valence electrons. The lowest BCUT2D eigenvalue weighted by molar-refractivity contribution is 0.0488. The standard InChI is InChI=1S/C22H19BrN2O4S/c1-3-17-18(13-5-7-14(23)8-6-13)19-20(30-17)24-12-25(21(19)26)11-15-9-10-16(29-15)22(27)28-4-2/h5-10,12H,3-4,11H2,1-2H3. The third-order valence-corrected chi connectivity index (χ3v) is 6.44. The number of carbonyl (C=O) groups excluding carboxylic acids is 1. The SMILES string of the molecule is CCOC(=O)c1ccc(Cn2cnc3sc(CC)c(-c4ccc(Br)cc4)c3c2=O)o1. The minimum Gasteiger partial charge on any atom is -0.460 e. The molecule has 4 aromatic rings. The number of carbonyl (C=O) groups is 1. The summed E-state index contributed by atoms with van der Waals surface area (Å²) in [7, 11) is 0. The Balaban J connectivity index is 1.77. The number of benzene rings is 1. The lowest BCUT2D eigenvalue weighted by atomic mass is 10.0. The largest absolute Gasteiger partial charge is 0.460 e. The number of furan rings is 1. The van der Waals surface area contributed by atoms with Crippen LogP contribution in [0.1, 0.15) is 35.0 Å². The second-order valence-corrected chi connectivity index (χ2v) is 8.60. The summed E-state index contributed by atoms with van der Waals surface area (Å²) < 4.78 is 13.0. The number of hydrogen-bond acceptors (Lipinski definition) is 6. The summed E-state index contributed by atoms with van der Waals surface area (Å²) in [4.78, 5) is 31.5. The molecule has 0 radical (unpaired) electrons. The fourth-order valence-corrected chi connectivity index (χ4v) is 4.65. The van der Waals surface area contributed by atoms with Crippen LogP contribution in [0.15, 0.2) is 56.4 Å². The second kappa shape index (κ2) is 8.57. The minimum atomic E-state index is -0.521. The molecule has 0 unspecified atom stereocenters. The van der Waals surface area contributed by atoms with Crippen LogP contribution in [0, 0.1) is 0 Å². The number of fused-ring (bicyclic) bond motifs is 1. The van der Waals surface area contributed by atoms with Crippen molar-refractivity contribution < 1.29 is 13.9 Å². The molecule has 4 rings (SSSR count). The predicted octanol–water partition coefficient (Wildman–Crippen LogP) is 5.27. The Bertz CT molecular complexity index is 1270. The summed E-state index contributed by atoms with van der Waals surface area (Å²) in [6.45, 7) is 4.26. The number of esters is 1. The third-order valence-electron chi connectivity index (χ3n) is 4.67. The van der Waals surface area contributed by atoms with Gasteiger partial charge in [0, 0.05) is 14.9 Å². The van der Waals surface area contributed by atoms with Gasteiger partial charge in [0.25, 0.3) is 5.56 Å². The number of rotatable bonds is 6. The molecule has 0 fully saturated rings. The van der Waals surface area contributed by atoms with Gasteiger partial charge in [-0.15, -0.1) is 11.3 Å². The van der Waals surface area contributed by atoms with Crippen molar-refractivity contribution in [2.24, 2.45) is 0 Å². The van der Waals surface area contributed by atoms with Crippen LogP contribution in [0.3, 0.4) is 0 Å². The number of hydrogen-bond donors (Lipinski definition) is 0. The van der Waals surface area contributed by atoms with Crippen molar-refractivity contribution in [3.63, 3.8) is 0 Å². The van der Waals surface area contributed by atoms with Gasteiger partial charge in [0.2, 0.25) is 5.76 Å². The first-order valence-electron chi connectivity index (χ1n) is 9.54. The van der Waals surface area contributed by atoms with Crippen LogP contribution in [0.4, 0.5) is 0 Å². The van der Waals surface area contributed by atoms with E-state index in [9.17, 15) is 9.59 Å². The molecule has 0 amide bonds. The molecule has 0 aliphatic rings. The quantitative estimate of drug-likeness (QED) is 0.347. The summed E-state index contributed by atoms with van der Waals surface area (Å²) in [5.74, 6) is 0.0818. The highest BCUT2D eigenvalue weighted by Crippen LogP contribution is 2.36. The van der Waals surface area contributed by atoms with E-state index in [-0.39, 0.29) is 24.5 Å². The first-order valence-corrected chi connectivity index (χ1v) is 11.1. The van der Waals surface area contributed by atoms with E-state index in [1.807, 2.05) is 24.3 Å². The zero-order chi connectivity index (χ0) is 21.3. The van der Waals surface area contributed by atoms with Crippen LogP contribution in [0.5, 0.6) is 0 Å². The fraction of sp³-hybridized carbons (Fsp3) is 0.227. The van der Waals surface area contributed by atoms with E-state index in [1.165, 1.54) is 10.9 Å². The average molecular weight is 487 g/mol. The monoisotopic (exact) mass is 486 g/mol. The Morgan fingerprint density at radius 2 is 1.97 bits per heavy atom. The first-order chi connectivity index (χ1) is 14.5. The zero-order valence-corrected chi connectivity index (χ0v) is 18.9. The molecule has 3 heterocycles. The summed E-state index contributed by atoms with van der Waals surface area (Å²) >= 11 is 5.00. The van der Waals surface area contributed by atoms with Crippen molar-refractivity contribution in [3.05, 3.63) is 73.9 Å². The number of aromatic nitrogens is 2. The van der Waals surface area contributed by atoms with Crippen LogP contribution in [-0.4, -0.2) is 22.1 Å². The Morgan fingerprint density at radius 1 is 1.20 bits per heavy atom. The number of thiophene rings is 1. The average Bonchev–Trinajstić information content (AvgIpc) is 3.36. The number of ether oxygens (including phenoxy) is 1. The summed E-state index contributed by atoms with van der Waals surface area (Å²) in [5, 5.41) is 0.610. The normalized spacial score (nSPS) is 11.2. The molecule has 0 N–H and O–H groups in total. The molecule has 0 saturated carbocycles. The van der Waals surface area contributed by atoms with E-state index in [1.54, 1.807) is 30.4 Å². The van der Waals surface area contributed by atoms with Gasteiger partial charge < -0.3 is 9.15 Å². The van der Waals surface area contributed by atoms with Crippen molar-refractivity contribution in [1.82, 2.24) is 9.55 Å². The maximum absolute atomic E-state index is 13.4. The lowest BCUT2D eigenvalue weighted by Gasteiger charge is -2.06. The highest BCUT2D eigenvalue weighted by atomic mass is 79.9. The summed E-state index contributed by atoms with van der Waals surface area (Å²) in [6.07, 6.45) is 2.34. The Labute approximate surface area is 185 Å². The van der Waals surface area contributed by atoms with Crippen molar-refractivity contribution in [1.29, 1.82) is 0 Å². The van der Waals surface area contributed by atoms with Gasteiger partial charge in [0.1, 0.15) is 10.6 Å². The van der Waals surface area contributed by atoms with Crippen LogP contribution in [0.2, 0.25) is 0 Å². The van der Waals surface area contributed by atoms with Gasteiger partial charge in [-0.3, -0.25) is 9.36 Å². The van der Waals surface area contributed by atoms with Crippen LogP contribution in [-0.2, 0) is 17.7 Å². The molecular weight excluding hydrogens is 468 g/mol. The topological polar surface area (TPSA) is 74.3 Å². The second-order valence-electron chi connectivity index (χ2n) is 6.60. The highest BCUT2D eigenvalue weighted by Gasteiger charge is 2.19. The summed E-state index contributed by atoms with van der Waals surface area (Å²) in [6, 6.07) is 11.2. The predicted molar refractivity (Wildman–Crippen MR) is 120 cm³/mol. The summed E-state index contributed by atoms with van der Waals surface area (Å²) in [5.41, 5.74) is 1.78. The Morgan fingerprint density at radius 3 is 2.67 bits per heavy atom. The molecule has 8 heteroatoms. The van der Waals surface area contributed by atoms with E-state index in [4.69, 9.17) is 9.15 Å². The number of aryl methyl sites for hydroxylation is 1. The number of nitrogens with zero attached hydrogens (tertiary/aromatic N) is 2. The minimum absolute atomic E-state index is 0.119. The number of halogens is 1. The van der Waals surface area contributed by atoms with Gasteiger partial charge in [-0.2, -0.15) is 0 Å². The molecule has 0 spiro atoms. The molecule has 0 aliphatic carbocycles. The van der Waals surface area contributed by atoms with Crippen molar-refractivity contribution in [2.75, 3.05) is 6.61 Å². The molecule has 0 atom stereocenters. The van der Waals surface area contributed by atoms with Gasteiger partial charge in [0.15, 0.2) is 0 Å². The van der Waals surface area contributed by atoms with Gasteiger partial charge in [-0.05, 0) is 43.2 Å². The molecular formula is C22H19BrN2O4S. The molecule has 0 bridgehead atoms. The van der Waals surface area contributed by atoms with Crippen molar-refractivity contribution in [2.45, 2.75) is 26.8 Å². The molecule has 0 saturated heterocycles. The molecule has 3 aromatic heterocycles. The van der Waals surface area contributed by atoms with Gasteiger partial charge in [-0.1, -0.05) is 35.0 Å². The van der Waals surface area contributed by atoms with Crippen LogP contribution >= 0.6 is 27.3 Å². The van der Waals surface area contributed by atoms with E-state index < -0.39 is 5.97 Å². The van der Waals surface area contributed by atoms with Crippen LogP contribution < -0.4 is 5.56 Å². The van der Waals surface area contributed by atoms with E-state index in [0.29, 0.717) is 11.1 Å². The van der Waals surface area contributed by atoms with Crippen molar-refractivity contribution >= 4 is 43.5 Å². The van der Waals surface area contributed by atoms with E-state index >= 15 is 0 Å². The van der Waals surface area contributed by atoms with Crippen LogP contribution in [0.25, 0.3) is 21.3 Å². The highest BCUT2D eigenvalue weighted by molar-refractivity contribution is 9.10. The first kappa shape index (κ1) is 20.6. The fourth-order valence-electron chi connectivity index (χ4n) is 3.30. The maximum atomic E-state index is 13.4. The Kier molecular flexibility index (Phi) is 5.87. The van der Waals surface area contributed by atoms with Crippen molar-refractivity contribution in [3.8, 4) is 11.1 Å². The third kappa shape index (κ3) is 3.85. The Hall–Kier alpha value is -2.71. The van der Waals surface area contributed by atoms with Gasteiger partial charge in [-0.25, -0.2) is 9.78 Å². The van der Waals surface area contributed by atoms with Gasteiger partial charge >= 0.3 is 5.97 Å². The smallest absolute Gasteiger partial charge is 0.374 e. The van der Waals surface area contributed by atoms with Gasteiger partial charge in [0.05, 0.1) is 24.9 Å². The maximum Gasteiger partial charge on any atom is 0.374 e. The van der Waals surface area contributed by atoms with E-state index in [0.717, 1.165) is 31.7 Å². The zero-order valence-electron chi connectivity index (χ0n) is 16.5. The van der Waals surface area contributed by atoms with E-state index in [2.05, 4.69) is 27.8 Å². The molecule has 1 aromatic carbocycles.